The molecule has 2 aromatic rings. The number of rotatable bonds is 4. The second-order valence-corrected chi connectivity index (χ2v) is 7.08. The van der Waals surface area contributed by atoms with Crippen LogP contribution in [0.2, 0.25) is 0 Å². The molecule has 0 bridgehead atoms. The Morgan fingerprint density at radius 1 is 1.32 bits per heavy atom. The van der Waals surface area contributed by atoms with Crippen molar-refractivity contribution in [3.05, 3.63) is 51.2 Å². The third-order valence-corrected chi connectivity index (χ3v) is 5.08. The first-order valence-electron chi connectivity index (χ1n) is 8.53. The monoisotopic (exact) mass is 345 g/mol. The number of nitrogens with zero attached hydrogens (tertiary/aromatic N) is 2. The molecule has 6 nitrogen and oxygen atoms in total. The van der Waals surface area contributed by atoms with E-state index in [0.717, 1.165) is 44.1 Å². The highest BCUT2D eigenvalue weighted by Gasteiger charge is 2.30. The van der Waals surface area contributed by atoms with Gasteiger partial charge < -0.3 is 10.8 Å². The Morgan fingerprint density at radius 2 is 2.08 bits per heavy atom. The molecular formula is C18H20FN3O3. The highest BCUT2D eigenvalue weighted by Crippen LogP contribution is 2.42. The van der Waals surface area contributed by atoms with Crippen LogP contribution in [0.1, 0.15) is 46.7 Å². The predicted octanol–water partition coefficient (Wildman–Crippen LogP) is 1.55. The molecule has 132 valence electrons. The standard InChI is InChI=1S/C18H20FN3O3/c19-12-5-11(7-21-4-3-13(20)9-21)16-14(10-1-2-10)6-15(18(24)25)17(23)22(16)8-12/h5-6,8,10,13H,1-4,7,9,20H2,(H,24,25). The third kappa shape index (κ3) is 2.94. The first kappa shape index (κ1) is 16.2. The van der Waals surface area contributed by atoms with Crippen molar-refractivity contribution >= 4 is 11.5 Å². The summed E-state index contributed by atoms with van der Waals surface area (Å²) in [6, 6.07) is 3.05. The fraction of sp³-hybridized carbons (Fsp3) is 0.444. The molecule has 0 radical (unpaired) electrons. The molecule has 25 heavy (non-hydrogen) atoms. The first-order chi connectivity index (χ1) is 11.9. The molecule has 1 saturated heterocycles. The number of aromatic carboxylic acids is 1. The maximum Gasteiger partial charge on any atom is 0.341 e. The molecule has 1 aliphatic carbocycles. The van der Waals surface area contributed by atoms with Gasteiger partial charge in [-0.05, 0) is 48.4 Å². The van der Waals surface area contributed by atoms with E-state index in [1.54, 1.807) is 0 Å². The molecule has 0 spiro atoms. The molecule has 1 aliphatic heterocycles. The molecule has 3 N–H and O–H groups in total. The van der Waals surface area contributed by atoms with Crippen LogP contribution in [0.15, 0.2) is 23.1 Å². The molecule has 4 rings (SSSR count). The Kier molecular flexibility index (Phi) is 3.85. The van der Waals surface area contributed by atoms with Crippen LogP contribution in [0.5, 0.6) is 0 Å². The maximum absolute atomic E-state index is 14.2. The van der Waals surface area contributed by atoms with Gasteiger partial charge in [0.1, 0.15) is 11.4 Å². The van der Waals surface area contributed by atoms with Crippen molar-refractivity contribution in [3.63, 3.8) is 0 Å². The maximum atomic E-state index is 14.2. The summed E-state index contributed by atoms with van der Waals surface area (Å²) in [5.74, 6) is -1.59. The summed E-state index contributed by atoms with van der Waals surface area (Å²) < 4.78 is 15.3. The molecular weight excluding hydrogens is 325 g/mol. The fourth-order valence-electron chi connectivity index (χ4n) is 3.74. The quantitative estimate of drug-likeness (QED) is 0.878. The van der Waals surface area contributed by atoms with Crippen molar-refractivity contribution in [3.8, 4) is 0 Å². The van der Waals surface area contributed by atoms with Crippen LogP contribution in [0.4, 0.5) is 4.39 Å². The Bertz CT molecular complexity index is 920. The van der Waals surface area contributed by atoms with Crippen LogP contribution in [-0.2, 0) is 6.54 Å². The van der Waals surface area contributed by atoms with Crippen molar-refractivity contribution in [2.75, 3.05) is 13.1 Å². The van der Waals surface area contributed by atoms with E-state index < -0.39 is 17.3 Å². The number of pyridine rings is 2. The molecule has 0 amide bonds. The molecule has 1 saturated carbocycles. The first-order valence-corrected chi connectivity index (χ1v) is 8.53. The van der Waals surface area contributed by atoms with Gasteiger partial charge in [-0.25, -0.2) is 9.18 Å². The number of hydrogen-bond donors (Lipinski definition) is 2. The number of fused-ring (bicyclic) bond motifs is 1. The lowest BCUT2D eigenvalue weighted by molar-refractivity contribution is 0.0694. The third-order valence-electron chi connectivity index (χ3n) is 5.08. The van der Waals surface area contributed by atoms with Crippen molar-refractivity contribution in [1.29, 1.82) is 0 Å². The number of carbonyl (C=O) groups is 1. The van der Waals surface area contributed by atoms with E-state index in [1.807, 2.05) is 0 Å². The van der Waals surface area contributed by atoms with Gasteiger partial charge in [-0.15, -0.1) is 0 Å². The Balaban J connectivity index is 1.92. The van der Waals surface area contributed by atoms with E-state index in [-0.39, 0.29) is 17.5 Å². The summed E-state index contributed by atoms with van der Waals surface area (Å²) in [5, 5.41) is 9.32. The molecule has 2 fully saturated rings. The van der Waals surface area contributed by atoms with Gasteiger partial charge in [-0.2, -0.15) is 0 Å². The number of likely N-dealkylation sites (tertiary alicyclic amines) is 1. The predicted molar refractivity (Wildman–Crippen MR) is 90.4 cm³/mol. The highest BCUT2D eigenvalue weighted by atomic mass is 19.1. The molecule has 7 heteroatoms. The summed E-state index contributed by atoms with van der Waals surface area (Å²) >= 11 is 0. The largest absolute Gasteiger partial charge is 0.477 e. The zero-order chi connectivity index (χ0) is 17.7. The van der Waals surface area contributed by atoms with Crippen LogP contribution < -0.4 is 11.3 Å². The van der Waals surface area contributed by atoms with Gasteiger partial charge in [0.2, 0.25) is 0 Å². The van der Waals surface area contributed by atoms with Crippen LogP contribution in [-0.4, -0.2) is 39.5 Å². The second kappa shape index (κ2) is 5.93. The topological polar surface area (TPSA) is 88.0 Å². The average Bonchev–Trinajstić information content (AvgIpc) is 3.31. The Hall–Kier alpha value is -2.25. The van der Waals surface area contributed by atoms with Crippen LogP contribution in [0.3, 0.4) is 0 Å². The zero-order valence-electron chi connectivity index (χ0n) is 13.7. The van der Waals surface area contributed by atoms with E-state index in [1.165, 1.54) is 16.5 Å². The lowest BCUT2D eigenvalue weighted by Crippen LogP contribution is -2.28. The van der Waals surface area contributed by atoms with E-state index in [2.05, 4.69) is 4.90 Å². The van der Waals surface area contributed by atoms with Gasteiger partial charge in [-0.1, -0.05) is 0 Å². The number of aromatic nitrogens is 1. The normalized spacial score (nSPS) is 21.1. The van der Waals surface area contributed by atoms with Crippen LogP contribution in [0.25, 0.3) is 5.52 Å². The number of carboxylic acid groups (broad SMARTS) is 1. The lowest BCUT2D eigenvalue weighted by atomic mass is 10.0. The molecule has 0 aromatic carbocycles. The van der Waals surface area contributed by atoms with E-state index >= 15 is 0 Å². The van der Waals surface area contributed by atoms with Crippen molar-refractivity contribution in [2.45, 2.75) is 37.8 Å². The van der Waals surface area contributed by atoms with Crippen LogP contribution in [0, 0.1) is 5.82 Å². The van der Waals surface area contributed by atoms with Crippen molar-refractivity contribution < 1.29 is 14.3 Å². The summed E-state index contributed by atoms with van der Waals surface area (Å²) in [6.07, 6.45) is 3.90. The number of halogens is 1. The van der Waals surface area contributed by atoms with Gasteiger partial charge in [0.05, 0.1) is 5.52 Å². The summed E-state index contributed by atoms with van der Waals surface area (Å²) in [6.45, 7) is 2.07. The highest BCUT2D eigenvalue weighted by molar-refractivity contribution is 5.88. The van der Waals surface area contributed by atoms with Crippen molar-refractivity contribution in [1.82, 2.24) is 9.30 Å². The smallest absolute Gasteiger partial charge is 0.341 e. The number of carboxylic acids is 1. The molecule has 2 aromatic heterocycles. The van der Waals surface area contributed by atoms with Gasteiger partial charge in [0, 0.05) is 31.9 Å². The minimum absolute atomic E-state index is 0.115. The molecule has 3 heterocycles. The SMILES string of the molecule is NC1CCN(Cc2cc(F)cn3c(=O)c(C(=O)O)cc(C4CC4)c23)C1. The summed E-state index contributed by atoms with van der Waals surface area (Å²) in [7, 11) is 0. The van der Waals surface area contributed by atoms with Crippen molar-refractivity contribution in [2.24, 2.45) is 5.73 Å². The second-order valence-electron chi connectivity index (χ2n) is 7.08. The Morgan fingerprint density at radius 3 is 2.68 bits per heavy atom. The molecule has 2 aliphatic rings. The summed E-state index contributed by atoms with van der Waals surface area (Å²) in [5.41, 5.74) is 7.15. The van der Waals surface area contributed by atoms with Gasteiger partial charge in [0.15, 0.2) is 0 Å². The van der Waals surface area contributed by atoms with E-state index in [0.29, 0.717) is 17.6 Å². The minimum Gasteiger partial charge on any atom is -0.477 e. The fourth-order valence-corrected chi connectivity index (χ4v) is 3.74. The molecule has 1 unspecified atom stereocenters. The number of hydrogen-bond acceptors (Lipinski definition) is 4. The molecule has 1 atom stereocenters. The average molecular weight is 345 g/mol. The Labute approximate surface area is 143 Å². The number of nitrogens with two attached hydrogens (primary N) is 1. The van der Waals surface area contributed by atoms with E-state index in [9.17, 15) is 19.1 Å². The van der Waals surface area contributed by atoms with E-state index in [4.69, 9.17) is 5.73 Å². The van der Waals surface area contributed by atoms with Gasteiger partial charge >= 0.3 is 5.97 Å². The minimum atomic E-state index is -1.28. The van der Waals surface area contributed by atoms with Crippen LogP contribution >= 0.6 is 0 Å². The zero-order valence-corrected chi connectivity index (χ0v) is 13.7. The van der Waals surface area contributed by atoms with Gasteiger partial charge in [-0.3, -0.25) is 14.1 Å². The summed E-state index contributed by atoms with van der Waals surface area (Å²) in [4.78, 5) is 26.1. The lowest BCUT2D eigenvalue weighted by Gasteiger charge is -2.19. The van der Waals surface area contributed by atoms with Gasteiger partial charge in [0.25, 0.3) is 5.56 Å².